The lowest BCUT2D eigenvalue weighted by atomic mass is 10.2. The number of nitrogens with one attached hydrogen (secondary N) is 1. The average molecular weight is 296 g/mol. The summed E-state index contributed by atoms with van der Waals surface area (Å²) in [5.41, 5.74) is 0. The first-order chi connectivity index (χ1) is 10.1. The minimum atomic E-state index is -1.12. The van der Waals surface area contributed by atoms with Gasteiger partial charge in [0, 0.05) is 19.7 Å². The van der Waals surface area contributed by atoms with Gasteiger partial charge in [-0.1, -0.05) is 0 Å². The van der Waals surface area contributed by atoms with Gasteiger partial charge >= 0.3 is 12.0 Å². The summed E-state index contributed by atoms with van der Waals surface area (Å²) in [5, 5.41) is 11.5. The molecule has 2 rings (SSSR count). The third-order valence-electron chi connectivity index (χ3n) is 3.40. The predicted octanol–water partition coefficient (Wildman–Crippen LogP) is 1.69. The number of aromatic carboxylic acids is 1. The molecule has 0 bridgehead atoms. The quantitative estimate of drug-likeness (QED) is 0.833. The van der Waals surface area contributed by atoms with Crippen molar-refractivity contribution in [2.45, 2.75) is 32.4 Å². The fourth-order valence-corrected chi connectivity index (χ4v) is 2.25. The smallest absolute Gasteiger partial charge is 0.371 e. The number of urea groups is 1. The Hall–Kier alpha value is -2.02. The van der Waals surface area contributed by atoms with Crippen molar-refractivity contribution in [2.24, 2.45) is 0 Å². The molecule has 2 amide bonds. The van der Waals surface area contributed by atoms with Crippen LogP contribution in [0.4, 0.5) is 4.79 Å². The van der Waals surface area contributed by atoms with Crippen LogP contribution in [0.1, 0.15) is 36.1 Å². The van der Waals surface area contributed by atoms with Crippen molar-refractivity contribution >= 4 is 12.0 Å². The molecule has 0 aliphatic carbocycles. The number of rotatable bonds is 6. The number of hydrogen-bond acceptors (Lipinski definition) is 4. The summed E-state index contributed by atoms with van der Waals surface area (Å²) >= 11 is 0. The number of carbonyl (C=O) groups excluding carboxylic acids is 1. The molecular formula is C14H20N2O5. The Morgan fingerprint density at radius 3 is 2.86 bits per heavy atom. The summed E-state index contributed by atoms with van der Waals surface area (Å²) in [7, 11) is 0. The monoisotopic (exact) mass is 296 g/mol. The average Bonchev–Trinajstić information content (AvgIpc) is 3.13. The lowest BCUT2D eigenvalue weighted by molar-refractivity contribution is 0.0660. The Kier molecular flexibility index (Phi) is 5.21. The molecular weight excluding hydrogens is 276 g/mol. The maximum Gasteiger partial charge on any atom is 0.371 e. The first-order valence-electron chi connectivity index (χ1n) is 7.06. The van der Waals surface area contributed by atoms with Crippen molar-refractivity contribution in [2.75, 3.05) is 19.7 Å². The number of amides is 2. The maximum absolute atomic E-state index is 12.1. The van der Waals surface area contributed by atoms with Crippen LogP contribution in [0.25, 0.3) is 0 Å². The summed E-state index contributed by atoms with van der Waals surface area (Å²) in [6.07, 6.45) is 2.12. The first-order valence-corrected chi connectivity index (χ1v) is 7.06. The molecule has 21 heavy (non-hydrogen) atoms. The van der Waals surface area contributed by atoms with Crippen LogP contribution in [0.5, 0.6) is 0 Å². The second kappa shape index (κ2) is 7.12. The van der Waals surface area contributed by atoms with Crippen LogP contribution in [-0.4, -0.2) is 47.8 Å². The Morgan fingerprint density at radius 2 is 2.29 bits per heavy atom. The van der Waals surface area contributed by atoms with E-state index in [1.54, 1.807) is 11.0 Å². The lowest BCUT2D eigenvalue weighted by Gasteiger charge is -2.24. The van der Waals surface area contributed by atoms with Crippen LogP contribution >= 0.6 is 0 Å². The van der Waals surface area contributed by atoms with E-state index < -0.39 is 5.97 Å². The first kappa shape index (κ1) is 15.4. The van der Waals surface area contributed by atoms with Crippen molar-refractivity contribution in [1.29, 1.82) is 0 Å². The molecule has 1 aromatic rings. The Balaban J connectivity index is 1.82. The Bertz CT molecular complexity index is 493. The highest BCUT2D eigenvalue weighted by atomic mass is 16.5. The molecule has 116 valence electrons. The summed E-state index contributed by atoms with van der Waals surface area (Å²) in [6, 6.07) is 2.70. The zero-order valence-electron chi connectivity index (χ0n) is 12.0. The van der Waals surface area contributed by atoms with E-state index in [2.05, 4.69) is 5.32 Å². The minimum Gasteiger partial charge on any atom is -0.475 e. The highest BCUT2D eigenvalue weighted by Gasteiger charge is 2.21. The molecule has 0 saturated carbocycles. The van der Waals surface area contributed by atoms with Gasteiger partial charge in [-0.15, -0.1) is 0 Å². The number of carboxylic acids is 1. The molecule has 2 heterocycles. The van der Waals surface area contributed by atoms with Crippen LogP contribution in [0, 0.1) is 0 Å². The standard InChI is InChI=1S/C14H20N2O5/c1-2-16(9-11-4-3-7-20-11)14(19)15-8-10-5-6-12(21-10)13(17)18/h5-6,11H,2-4,7-9H2,1H3,(H,15,19)(H,17,18). The van der Waals surface area contributed by atoms with Gasteiger partial charge in [-0.25, -0.2) is 9.59 Å². The number of hydrogen-bond donors (Lipinski definition) is 2. The highest BCUT2D eigenvalue weighted by Crippen LogP contribution is 2.13. The molecule has 1 aromatic heterocycles. The molecule has 1 atom stereocenters. The second-order valence-electron chi connectivity index (χ2n) is 4.90. The van der Waals surface area contributed by atoms with Crippen LogP contribution < -0.4 is 5.32 Å². The van der Waals surface area contributed by atoms with Gasteiger partial charge in [0.15, 0.2) is 0 Å². The van der Waals surface area contributed by atoms with E-state index in [0.717, 1.165) is 19.4 Å². The highest BCUT2D eigenvalue weighted by molar-refractivity contribution is 5.84. The van der Waals surface area contributed by atoms with Crippen molar-refractivity contribution in [3.8, 4) is 0 Å². The van der Waals surface area contributed by atoms with Gasteiger partial charge in [-0.2, -0.15) is 0 Å². The second-order valence-corrected chi connectivity index (χ2v) is 4.90. The van der Waals surface area contributed by atoms with Gasteiger partial charge in [0.05, 0.1) is 12.6 Å². The van der Waals surface area contributed by atoms with E-state index in [1.807, 2.05) is 6.92 Å². The molecule has 2 N–H and O–H groups in total. The molecule has 1 aliphatic rings. The molecule has 0 radical (unpaired) electrons. The van der Waals surface area contributed by atoms with Crippen LogP contribution in [0.2, 0.25) is 0 Å². The van der Waals surface area contributed by atoms with Crippen LogP contribution in [0.3, 0.4) is 0 Å². The number of ether oxygens (including phenoxy) is 1. The van der Waals surface area contributed by atoms with Crippen LogP contribution in [0.15, 0.2) is 16.5 Å². The van der Waals surface area contributed by atoms with Crippen molar-refractivity contribution < 1.29 is 23.8 Å². The van der Waals surface area contributed by atoms with Gasteiger partial charge in [0.25, 0.3) is 0 Å². The normalized spacial score (nSPS) is 17.7. The van der Waals surface area contributed by atoms with Crippen LogP contribution in [-0.2, 0) is 11.3 Å². The van der Waals surface area contributed by atoms with Crippen molar-refractivity contribution in [1.82, 2.24) is 10.2 Å². The van der Waals surface area contributed by atoms with E-state index in [1.165, 1.54) is 6.07 Å². The zero-order chi connectivity index (χ0) is 15.2. The molecule has 7 nitrogen and oxygen atoms in total. The molecule has 0 spiro atoms. The Morgan fingerprint density at radius 1 is 1.48 bits per heavy atom. The fraction of sp³-hybridized carbons (Fsp3) is 0.571. The summed E-state index contributed by atoms with van der Waals surface area (Å²) in [6.45, 7) is 3.98. The summed E-state index contributed by atoms with van der Waals surface area (Å²) in [4.78, 5) is 24.5. The van der Waals surface area contributed by atoms with E-state index in [9.17, 15) is 9.59 Å². The molecule has 7 heteroatoms. The van der Waals surface area contributed by atoms with E-state index in [0.29, 0.717) is 18.8 Å². The lowest BCUT2D eigenvalue weighted by Crippen LogP contribution is -2.43. The van der Waals surface area contributed by atoms with E-state index in [4.69, 9.17) is 14.3 Å². The van der Waals surface area contributed by atoms with Gasteiger partial charge in [-0.3, -0.25) is 0 Å². The largest absolute Gasteiger partial charge is 0.475 e. The minimum absolute atomic E-state index is 0.109. The number of nitrogens with zero attached hydrogens (tertiary/aromatic N) is 1. The molecule has 0 aromatic carbocycles. The van der Waals surface area contributed by atoms with E-state index >= 15 is 0 Å². The summed E-state index contributed by atoms with van der Waals surface area (Å²) in [5.74, 6) is -0.846. The van der Waals surface area contributed by atoms with E-state index in [-0.39, 0.29) is 24.4 Å². The fourth-order valence-electron chi connectivity index (χ4n) is 2.25. The van der Waals surface area contributed by atoms with Crippen molar-refractivity contribution in [3.63, 3.8) is 0 Å². The topological polar surface area (TPSA) is 92.0 Å². The third kappa shape index (κ3) is 4.22. The third-order valence-corrected chi connectivity index (χ3v) is 3.40. The number of carboxylic acid groups (broad SMARTS) is 1. The molecule has 1 fully saturated rings. The molecule has 1 aliphatic heterocycles. The molecule has 1 saturated heterocycles. The predicted molar refractivity (Wildman–Crippen MR) is 74.1 cm³/mol. The van der Waals surface area contributed by atoms with Gasteiger partial charge in [0.1, 0.15) is 5.76 Å². The number of carbonyl (C=O) groups is 2. The SMILES string of the molecule is CCN(CC1CCCO1)C(=O)NCc1ccc(C(=O)O)o1. The van der Waals surface area contributed by atoms with Crippen molar-refractivity contribution in [3.05, 3.63) is 23.7 Å². The number of likely N-dealkylation sites (N-methyl/N-ethyl adjacent to an activating group) is 1. The summed E-state index contributed by atoms with van der Waals surface area (Å²) < 4.78 is 10.6. The molecule has 1 unspecified atom stereocenters. The Labute approximate surface area is 122 Å². The maximum atomic E-state index is 12.1. The van der Waals surface area contributed by atoms with Gasteiger partial charge in [-0.05, 0) is 31.9 Å². The number of furan rings is 1. The van der Waals surface area contributed by atoms with Gasteiger partial charge in [0.2, 0.25) is 5.76 Å². The van der Waals surface area contributed by atoms with Gasteiger partial charge < -0.3 is 24.5 Å². The zero-order valence-corrected chi connectivity index (χ0v) is 12.0.